The zero-order chi connectivity index (χ0) is 11.5. The van der Waals surface area contributed by atoms with Crippen molar-refractivity contribution in [2.45, 2.75) is 6.92 Å². The summed E-state index contributed by atoms with van der Waals surface area (Å²) in [7, 11) is 1.63. The minimum Gasteiger partial charge on any atom is -0.496 e. The van der Waals surface area contributed by atoms with E-state index in [1.807, 2.05) is 12.1 Å². The summed E-state index contributed by atoms with van der Waals surface area (Å²) in [5.74, 6) is 1.21. The van der Waals surface area contributed by atoms with Crippen molar-refractivity contribution in [2.75, 3.05) is 12.8 Å². The van der Waals surface area contributed by atoms with Crippen LogP contribution in [0.4, 0.5) is 5.82 Å². The van der Waals surface area contributed by atoms with E-state index in [1.54, 1.807) is 19.4 Å². The lowest BCUT2D eigenvalue weighted by molar-refractivity contribution is 0.416. The Morgan fingerprint density at radius 3 is 2.50 bits per heavy atom. The molecule has 0 saturated carbocycles. The van der Waals surface area contributed by atoms with Gasteiger partial charge >= 0.3 is 0 Å². The van der Waals surface area contributed by atoms with E-state index in [9.17, 15) is 0 Å². The third-order valence-electron chi connectivity index (χ3n) is 2.47. The van der Waals surface area contributed by atoms with Crippen LogP contribution >= 0.6 is 0 Å². The van der Waals surface area contributed by atoms with Gasteiger partial charge in [0, 0.05) is 17.8 Å². The summed E-state index contributed by atoms with van der Waals surface area (Å²) in [6, 6.07) is 9.95. The number of aryl methyl sites for hydroxylation is 1. The van der Waals surface area contributed by atoms with Gasteiger partial charge in [-0.1, -0.05) is 29.8 Å². The quantitative estimate of drug-likeness (QED) is 0.836. The third-order valence-corrected chi connectivity index (χ3v) is 2.47. The first-order valence-electron chi connectivity index (χ1n) is 5.07. The molecule has 0 atom stereocenters. The molecule has 2 N–H and O–H groups in total. The molecule has 1 aromatic heterocycles. The fraction of sp³-hybridized carbons (Fsp3) is 0.154. The fourth-order valence-corrected chi connectivity index (χ4v) is 1.57. The predicted octanol–water partition coefficient (Wildman–Crippen LogP) is 2.65. The van der Waals surface area contributed by atoms with Gasteiger partial charge in [-0.25, -0.2) is 4.98 Å². The molecule has 3 nitrogen and oxygen atoms in total. The maximum Gasteiger partial charge on any atom is 0.131 e. The SMILES string of the molecule is COc1cc(N)ncc1-c1ccc(C)cc1. The number of aromatic nitrogens is 1. The maximum absolute atomic E-state index is 5.61. The molecule has 0 amide bonds. The molecular formula is C13H14N2O. The van der Waals surface area contributed by atoms with Gasteiger partial charge in [-0.15, -0.1) is 0 Å². The van der Waals surface area contributed by atoms with Gasteiger partial charge in [-0.2, -0.15) is 0 Å². The number of benzene rings is 1. The molecule has 3 heteroatoms. The average Bonchev–Trinajstić information content (AvgIpc) is 2.30. The first-order chi connectivity index (χ1) is 7.70. The van der Waals surface area contributed by atoms with Crippen molar-refractivity contribution in [3.63, 3.8) is 0 Å². The molecule has 0 fully saturated rings. The van der Waals surface area contributed by atoms with Crippen LogP contribution in [-0.4, -0.2) is 12.1 Å². The van der Waals surface area contributed by atoms with Gasteiger partial charge in [-0.3, -0.25) is 0 Å². The van der Waals surface area contributed by atoms with Crippen molar-refractivity contribution in [1.29, 1.82) is 0 Å². The summed E-state index contributed by atoms with van der Waals surface area (Å²) in [5.41, 5.74) is 8.88. The summed E-state index contributed by atoms with van der Waals surface area (Å²) < 4.78 is 5.29. The Hall–Kier alpha value is -2.03. The number of nitrogens with two attached hydrogens (primary N) is 1. The second-order valence-electron chi connectivity index (χ2n) is 3.68. The second kappa shape index (κ2) is 4.23. The maximum atomic E-state index is 5.61. The van der Waals surface area contributed by atoms with Crippen LogP contribution in [0.1, 0.15) is 5.56 Å². The van der Waals surface area contributed by atoms with Crippen LogP contribution < -0.4 is 10.5 Å². The van der Waals surface area contributed by atoms with Crippen LogP contribution in [0.3, 0.4) is 0 Å². The molecule has 1 aromatic carbocycles. The lowest BCUT2D eigenvalue weighted by Gasteiger charge is -2.08. The van der Waals surface area contributed by atoms with Crippen molar-refractivity contribution < 1.29 is 4.74 Å². The van der Waals surface area contributed by atoms with E-state index in [1.165, 1.54) is 5.56 Å². The first-order valence-corrected chi connectivity index (χ1v) is 5.07. The Labute approximate surface area is 94.9 Å². The van der Waals surface area contributed by atoms with E-state index in [-0.39, 0.29) is 0 Å². The van der Waals surface area contributed by atoms with E-state index >= 15 is 0 Å². The van der Waals surface area contributed by atoms with E-state index in [2.05, 4.69) is 24.0 Å². The van der Waals surface area contributed by atoms with Crippen molar-refractivity contribution in [3.8, 4) is 16.9 Å². The average molecular weight is 214 g/mol. The van der Waals surface area contributed by atoms with Gasteiger partial charge < -0.3 is 10.5 Å². The van der Waals surface area contributed by atoms with Crippen molar-refractivity contribution in [2.24, 2.45) is 0 Å². The molecule has 0 saturated heterocycles. The molecule has 1 heterocycles. The van der Waals surface area contributed by atoms with Crippen LogP contribution in [-0.2, 0) is 0 Å². The lowest BCUT2D eigenvalue weighted by atomic mass is 10.1. The van der Waals surface area contributed by atoms with E-state index < -0.39 is 0 Å². The highest BCUT2D eigenvalue weighted by Crippen LogP contribution is 2.30. The Balaban J connectivity index is 2.51. The predicted molar refractivity (Wildman–Crippen MR) is 65.4 cm³/mol. The molecule has 0 spiro atoms. The minimum absolute atomic E-state index is 0.465. The molecule has 0 aliphatic heterocycles. The van der Waals surface area contributed by atoms with Gasteiger partial charge in [0.05, 0.1) is 7.11 Å². The van der Waals surface area contributed by atoms with Crippen molar-refractivity contribution in [3.05, 3.63) is 42.1 Å². The molecule has 2 aromatic rings. The zero-order valence-electron chi connectivity index (χ0n) is 9.40. The van der Waals surface area contributed by atoms with E-state index in [0.717, 1.165) is 16.9 Å². The number of pyridine rings is 1. The van der Waals surface area contributed by atoms with Crippen LogP contribution in [0, 0.1) is 6.92 Å². The summed E-state index contributed by atoms with van der Waals surface area (Å²) >= 11 is 0. The molecule has 0 bridgehead atoms. The van der Waals surface area contributed by atoms with Gasteiger partial charge in [0.2, 0.25) is 0 Å². The highest BCUT2D eigenvalue weighted by atomic mass is 16.5. The van der Waals surface area contributed by atoms with Gasteiger partial charge in [0.15, 0.2) is 0 Å². The topological polar surface area (TPSA) is 48.1 Å². The van der Waals surface area contributed by atoms with Crippen LogP contribution in [0.5, 0.6) is 5.75 Å². The Morgan fingerprint density at radius 2 is 1.88 bits per heavy atom. The third kappa shape index (κ3) is 1.98. The van der Waals surface area contributed by atoms with Crippen LogP contribution in [0.25, 0.3) is 11.1 Å². The molecule has 2 rings (SSSR count). The Kier molecular flexibility index (Phi) is 2.77. The van der Waals surface area contributed by atoms with Gasteiger partial charge in [0.25, 0.3) is 0 Å². The standard InChI is InChI=1S/C13H14N2O/c1-9-3-5-10(6-4-9)11-8-15-13(14)7-12(11)16-2/h3-8H,1-2H3,(H2,14,15). The smallest absolute Gasteiger partial charge is 0.131 e. The normalized spacial score (nSPS) is 10.1. The number of hydrogen-bond donors (Lipinski definition) is 1. The van der Waals surface area contributed by atoms with Crippen molar-refractivity contribution >= 4 is 5.82 Å². The van der Waals surface area contributed by atoms with Gasteiger partial charge in [0.1, 0.15) is 11.6 Å². The molecule has 82 valence electrons. The number of hydrogen-bond acceptors (Lipinski definition) is 3. The van der Waals surface area contributed by atoms with E-state index in [4.69, 9.17) is 10.5 Å². The van der Waals surface area contributed by atoms with Gasteiger partial charge in [-0.05, 0) is 12.5 Å². The number of nitrogens with zero attached hydrogens (tertiary/aromatic N) is 1. The van der Waals surface area contributed by atoms with E-state index in [0.29, 0.717) is 5.82 Å². The number of anilines is 1. The zero-order valence-corrected chi connectivity index (χ0v) is 9.40. The highest BCUT2D eigenvalue weighted by Gasteiger charge is 2.06. The summed E-state index contributed by atoms with van der Waals surface area (Å²) in [5, 5.41) is 0. The molecule has 16 heavy (non-hydrogen) atoms. The largest absolute Gasteiger partial charge is 0.496 e. The Bertz CT molecular complexity index is 492. The molecule has 0 aliphatic carbocycles. The van der Waals surface area contributed by atoms with Crippen molar-refractivity contribution in [1.82, 2.24) is 4.98 Å². The van der Waals surface area contributed by atoms with Crippen LogP contribution in [0.15, 0.2) is 36.5 Å². The molecule has 0 aliphatic rings. The summed E-state index contributed by atoms with van der Waals surface area (Å²) in [4.78, 5) is 4.08. The second-order valence-corrected chi connectivity index (χ2v) is 3.68. The fourth-order valence-electron chi connectivity index (χ4n) is 1.57. The summed E-state index contributed by atoms with van der Waals surface area (Å²) in [6.07, 6.45) is 1.73. The monoisotopic (exact) mass is 214 g/mol. The molecule has 0 radical (unpaired) electrons. The number of rotatable bonds is 2. The van der Waals surface area contributed by atoms with Crippen LogP contribution in [0.2, 0.25) is 0 Å². The summed E-state index contributed by atoms with van der Waals surface area (Å²) in [6.45, 7) is 2.06. The first kappa shape index (κ1) is 10.5. The minimum atomic E-state index is 0.465. The highest BCUT2D eigenvalue weighted by molar-refractivity contribution is 5.71. The molecule has 0 unspecified atom stereocenters. The lowest BCUT2D eigenvalue weighted by Crippen LogP contribution is -1.94. The Morgan fingerprint density at radius 1 is 1.19 bits per heavy atom. The number of methoxy groups -OCH3 is 1. The number of nitrogen functional groups attached to an aromatic ring is 1. The number of ether oxygens (including phenoxy) is 1. The molecular weight excluding hydrogens is 200 g/mol.